The summed E-state index contributed by atoms with van der Waals surface area (Å²) in [5, 5.41) is 8.03. The molecule has 0 aliphatic carbocycles. The van der Waals surface area contributed by atoms with Gasteiger partial charge in [-0.15, -0.1) is 5.10 Å². The van der Waals surface area contributed by atoms with Gasteiger partial charge in [-0.1, -0.05) is 51.9 Å². The first-order valence-electron chi connectivity index (χ1n) is 7.41. The first-order chi connectivity index (χ1) is 9.27. The van der Waals surface area contributed by atoms with E-state index in [1.807, 2.05) is 12.1 Å². The molecule has 0 saturated heterocycles. The van der Waals surface area contributed by atoms with Crippen LogP contribution in [0.1, 0.15) is 70.0 Å². The van der Waals surface area contributed by atoms with E-state index in [2.05, 4.69) is 17.1 Å². The van der Waals surface area contributed by atoms with Crippen LogP contribution in [-0.4, -0.2) is 17.3 Å². The van der Waals surface area contributed by atoms with Gasteiger partial charge in [-0.05, 0) is 12.5 Å². The number of unbranched alkanes of at least 4 members (excludes halogenated alkanes) is 6. The van der Waals surface area contributed by atoms with Crippen molar-refractivity contribution in [3.05, 3.63) is 17.8 Å². The Labute approximate surface area is 116 Å². The summed E-state index contributed by atoms with van der Waals surface area (Å²) in [4.78, 5) is 0. The van der Waals surface area contributed by atoms with Gasteiger partial charge in [0, 0.05) is 12.1 Å². The van der Waals surface area contributed by atoms with Gasteiger partial charge in [-0.25, -0.2) is 0 Å². The first-order valence-corrected chi connectivity index (χ1v) is 7.41. The Kier molecular flexibility index (Phi) is 8.14. The van der Waals surface area contributed by atoms with Gasteiger partial charge in [0.1, 0.15) is 0 Å². The maximum atomic E-state index is 6.11. The van der Waals surface area contributed by atoms with Crippen molar-refractivity contribution in [3.63, 3.8) is 0 Å². The lowest BCUT2D eigenvalue weighted by Crippen LogP contribution is -2.12. The maximum absolute atomic E-state index is 6.11. The van der Waals surface area contributed by atoms with Crippen LogP contribution >= 0.6 is 0 Å². The van der Waals surface area contributed by atoms with Crippen molar-refractivity contribution >= 4 is 0 Å². The Bertz CT molecular complexity index is 327. The summed E-state index contributed by atoms with van der Waals surface area (Å²) >= 11 is 0. The third-order valence-corrected chi connectivity index (χ3v) is 3.37. The zero-order valence-corrected chi connectivity index (χ0v) is 12.3. The minimum atomic E-state index is -0.00551. The summed E-state index contributed by atoms with van der Waals surface area (Å²) in [6.45, 7) is 2.24. The molecule has 0 fully saturated rings. The van der Waals surface area contributed by atoms with Crippen molar-refractivity contribution in [2.45, 2.75) is 64.3 Å². The Hall–Kier alpha value is -1.16. The third kappa shape index (κ3) is 6.53. The Morgan fingerprint density at radius 1 is 1.05 bits per heavy atom. The number of nitrogens with zero attached hydrogens (tertiary/aromatic N) is 2. The molecule has 1 aromatic rings. The lowest BCUT2D eigenvalue weighted by molar-refractivity contribution is 0.390. The molecule has 1 rings (SSSR count). The molecule has 4 heteroatoms. The molecule has 1 aromatic heterocycles. The van der Waals surface area contributed by atoms with Crippen LogP contribution in [0.5, 0.6) is 5.88 Å². The molecule has 0 aliphatic rings. The topological polar surface area (TPSA) is 61.0 Å². The number of hydrogen-bond acceptors (Lipinski definition) is 4. The molecule has 1 atom stereocenters. The normalized spacial score (nSPS) is 12.4. The van der Waals surface area contributed by atoms with Gasteiger partial charge >= 0.3 is 0 Å². The van der Waals surface area contributed by atoms with Gasteiger partial charge in [0.25, 0.3) is 0 Å². The summed E-state index contributed by atoms with van der Waals surface area (Å²) in [7, 11) is 1.59. The van der Waals surface area contributed by atoms with Crippen molar-refractivity contribution < 1.29 is 4.74 Å². The molecule has 1 heterocycles. The largest absolute Gasteiger partial charge is 0.480 e. The van der Waals surface area contributed by atoms with Crippen LogP contribution in [0, 0.1) is 0 Å². The SMILES string of the molecule is CCCCCCCCCC(N)c1ccc(OC)nn1. The Morgan fingerprint density at radius 2 is 1.74 bits per heavy atom. The van der Waals surface area contributed by atoms with Crippen LogP contribution in [0.3, 0.4) is 0 Å². The Balaban J connectivity index is 2.14. The minimum Gasteiger partial charge on any atom is -0.480 e. The zero-order chi connectivity index (χ0) is 13.9. The van der Waals surface area contributed by atoms with Crippen molar-refractivity contribution in [1.82, 2.24) is 10.2 Å². The molecule has 0 aromatic carbocycles. The molecule has 4 nitrogen and oxygen atoms in total. The van der Waals surface area contributed by atoms with E-state index < -0.39 is 0 Å². The minimum absolute atomic E-state index is 0.00551. The van der Waals surface area contributed by atoms with Crippen LogP contribution < -0.4 is 10.5 Å². The van der Waals surface area contributed by atoms with Crippen molar-refractivity contribution in [2.24, 2.45) is 5.73 Å². The second kappa shape index (κ2) is 9.73. The van der Waals surface area contributed by atoms with Gasteiger partial charge in [-0.3, -0.25) is 0 Å². The predicted octanol–water partition coefficient (Wildman–Crippen LogP) is 3.63. The van der Waals surface area contributed by atoms with Gasteiger partial charge in [0.2, 0.25) is 5.88 Å². The highest BCUT2D eigenvalue weighted by Crippen LogP contribution is 2.17. The standard InChI is InChI=1S/C15H27N3O/c1-3-4-5-6-7-8-9-10-13(16)14-11-12-15(19-2)18-17-14/h11-13H,3-10,16H2,1-2H3. The molecule has 2 N–H and O–H groups in total. The number of hydrogen-bond donors (Lipinski definition) is 1. The summed E-state index contributed by atoms with van der Waals surface area (Å²) in [5.41, 5.74) is 6.96. The van der Waals surface area contributed by atoms with E-state index in [-0.39, 0.29) is 6.04 Å². The highest BCUT2D eigenvalue weighted by molar-refractivity contribution is 5.13. The smallest absolute Gasteiger partial charge is 0.233 e. The van der Waals surface area contributed by atoms with Crippen LogP contribution in [0.4, 0.5) is 0 Å². The fraction of sp³-hybridized carbons (Fsp3) is 0.733. The van der Waals surface area contributed by atoms with Gasteiger partial charge in [-0.2, -0.15) is 5.10 Å². The summed E-state index contributed by atoms with van der Waals surface area (Å²) in [5.74, 6) is 0.534. The molecular formula is C15H27N3O. The molecule has 0 aliphatic heterocycles. The fourth-order valence-corrected chi connectivity index (χ4v) is 2.11. The van der Waals surface area contributed by atoms with Gasteiger partial charge in [0.05, 0.1) is 12.8 Å². The quantitative estimate of drug-likeness (QED) is 0.656. The molecule has 108 valence electrons. The molecule has 0 amide bonds. The molecule has 0 saturated carbocycles. The summed E-state index contributed by atoms with van der Waals surface area (Å²) in [6.07, 6.45) is 10.1. The molecule has 0 spiro atoms. The number of ether oxygens (including phenoxy) is 1. The van der Waals surface area contributed by atoms with Crippen molar-refractivity contribution in [2.75, 3.05) is 7.11 Å². The van der Waals surface area contributed by atoms with Crippen molar-refractivity contribution in [3.8, 4) is 5.88 Å². The predicted molar refractivity (Wildman–Crippen MR) is 78.1 cm³/mol. The highest BCUT2D eigenvalue weighted by Gasteiger charge is 2.08. The maximum Gasteiger partial charge on any atom is 0.233 e. The molecular weight excluding hydrogens is 238 g/mol. The van der Waals surface area contributed by atoms with Gasteiger partial charge in [0.15, 0.2) is 0 Å². The van der Waals surface area contributed by atoms with E-state index in [4.69, 9.17) is 10.5 Å². The zero-order valence-electron chi connectivity index (χ0n) is 12.3. The summed E-state index contributed by atoms with van der Waals surface area (Å²) < 4.78 is 4.98. The molecule has 19 heavy (non-hydrogen) atoms. The second-order valence-electron chi connectivity index (χ2n) is 5.02. The van der Waals surface area contributed by atoms with Gasteiger partial charge < -0.3 is 10.5 Å². The molecule has 1 unspecified atom stereocenters. The number of methoxy groups -OCH3 is 1. The molecule has 0 bridgehead atoms. The molecule has 0 radical (unpaired) electrons. The number of nitrogens with two attached hydrogens (primary N) is 1. The van der Waals surface area contributed by atoms with Crippen LogP contribution in [0.15, 0.2) is 12.1 Å². The third-order valence-electron chi connectivity index (χ3n) is 3.37. The van der Waals surface area contributed by atoms with E-state index in [9.17, 15) is 0 Å². The Morgan fingerprint density at radius 3 is 2.32 bits per heavy atom. The van der Waals surface area contributed by atoms with Crippen LogP contribution in [-0.2, 0) is 0 Å². The second-order valence-corrected chi connectivity index (χ2v) is 5.02. The van der Waals surface area contributed by atoms with Crippen LogP contribution in [0.25, 0.3) is 0 Å². The van der Waals surface area contributed by atoms with Crippen molar-refractivity contribution in [1.29, 1.82) is 0 Å². The highest BCUT2D eigenvalue weighted by atomic mass is 16.5. The van der Waals surface area contributed by atoms with Crippen LogP contribution in [0.2, 0.25) is 0 Å². The lowest BCUT2D eigenvalue weighted by atomic mass is 10.0. The average molecular weight is 265 g/mol. The number of rotatable bonds is 10. The average Bonchev–Trinajstić information content (AvgIpc) is 2.46. The van der Waals surface area contributed by atoms with E-state index in [0.29, 0.717) is 5.88 Å². The first kappa shape index (κ1) is 15.9. The van der Waals surface area contributed by atoms with E-state index in [0.717, 1.165) is 12.1 Å². The number of aromatic nitrogens is 2. The van der Waals surface area contributed by atoms with E-state index in [1.165, 1.54) is 44.9 Å². The lowest BCUT2D eigenvalue weighted by Gasteiger charge is -2.10. The fourth-order valence-electron chi connectivity index (χ4n) is 2.11. The van der Waals surface area contributed by atoms with E-state index >= 15 is 0 Å². The monoisotopic (exact) mass is 265 g/mol. The summed E-state index contributed by atoms with van der Waals surface area (Å²) in [6, 6.07) is 3.71. The van der Waals surface area contributed by atoms with E-state index in [1.54, 1.807) is 7.11 Å².